The van der Waals surface area contributed by atoms with E-state index in [-0.39, 0.29) is 40.8 Å². The number of carboxylic acids is 1. The summed E-state index contributed by atoms with van der Waals surface area (Å²) in [7, 11) is -10.00. The van der Waals surface area contributed by atoms with Crippen molar-refractivity contribution in [2.75, 3.05) is 5.32 Å². The van der Waals surface area contributed by atoms with Crippen LogP contribution < -0.4 is 25.2 Å². The molecule has 15 heteroatoms. The molecule has 3 aliphatic rings. The Bertz CT molecular complexity index is 2240. The number of carboxylic acid groups (broad SMARTS) is 1. The molecule has 4 heterocycles. The van der Waals surface area contributed by atoms with Crippen LogP contribution in [-0.2, 0) is 31.6 Å². The summed E-state index contributed by atoms with van der Waals surface area (Å²) in [5.41, 5.74) is 0.898. The summed E-state index contributed by atoms with van der Waals surface area (Å²) < 4.78 is 83.2. The Balaban J connectivity index is 1.75. The second-order valence-corrected chi connectivity index (χ2v) is 17.6. The first-order chi connectivity index (χ1) is 22.7. The van der Waals surface area contributed by atoms with E-state index in [1.807, 2.05) is 52.2 Å². The number of aromatic amines is 1. The van der Waals surface area contributed by atoms with E-state index in [4.69, 9.17) is 14.8 Å². The third-order valence-electron chi connectivity index (χ3n) is 9.61. The number of ether oxygens (including phenoxy) is 1. The average Bonchev–Trinajstić information content (AvgIpc) is 3.39. The number of anilines is 1. The number of unbranched alkanes of at least 4 members (excludes halogenated alkanes) is 2. The summed E-state index contributed by atoms with van der Waals surface area (Å²) >= 11 is 0. The lowest BCUT2D eigenvalue weighted by Crippen LogP contribution is -2.41. The van der Waals surface area contributed by atoms with Crippen LogP contribution in [0, 0.1) is 0 Å². The molecule has 1 aromatic heterocycles. The van der Waals surface area contributed by atoms with Gasteiger partial charge in [-0.2, -0.15) is 16.8 Å². The van der Waals surface area contributed by atoms with Crippen LogP contribution in [0.1, 0.15) is 114 Å². The van der Waals surface area contributed by atoms with Crippen molar-refractivity contribution in [3.63, 3.8) is 0 Å². The Morgan fingerprint density at radius 1 is 0.959 bits per heavy atom. The van der Waals surface area contributed by atoms with Crippen molar-refractivity contribution in [1.29, 1.82) is 0 Å². The van der Waals surface area contributed by atoms with Crippen molar-refractivity contribution < 1.29 is 45.1 Å². The maximum absolute atomic E-state index is 13.3. The molecule has 3 aliphatic heterocycles. The number of rotatable bonds is 9. The predicted octanol–water partition coefficient (Wildman–Crippen LogP) is 4.40. The normalized spacial score (nSPS) is 20.5. The molecule has 3 aromatic rings. The highest BCUT2D eigenvalue weighted by atomic mass is 32.2. The van der Waals surface area contributed by atoms with Crippen LogP contribution in [0.2, 0.25) is 0 Å². The molecule has 2 atom stereocenters. The van der Waals surface area contributed by atoms with E-state index in [1.54, 1.807) is 18.5 Å². The van der Waals surface area contributed by atoms with E-state index in [0.29, 0.717) is 72.0 Å². The van der Waals surface area contributed by atoms with Crippen molar-refractivity contribution in [3.8, 4) is 11.5 Å². The zero-order valence-corrected chi connectivity index (χ0v) is 30.0. The van der Waals surface area contributed by atoms with E-state index in [1.165, 1.54) is 0 Å². The van der Waals surface area contributed by atoms with Crippen LogP contribution in [0.25, 0.3) is 5.57 Å². The summed E-state index contributed by atoms with van der Waals surface area (Å²) in [6, 6.07) is 3.63. The molecule has 13 nitrogen and oxygen atoms in total. The Morgan fingerprint density at radius 3 is 2.29 bits per heavy atom. The molecule has 0 aliphatic carbocycles. The standard InChI is InChI=1S/C34H42N4O9S2/c1-18-16-33(3,4)36-26-20(18)14-22-25(32-35-11-13-38(32)12-9-7-8-10-24(39)40)23-15-21-19(2)17-34(5,6)37-27(21)31(49(44,45)46)29(23)47-28(22)30(26)48(41,42)43/h11,13-15,18-19H,7-10,12,16-17H2,1-6H3,(H4,36,37,39,40,41,42,43,44,45,46)/p+1. The molecule has 2 unspecified atom stereocenters. The third kappa shape index (κ3) is 6.48. The molecular weight excluding hydrogens is 673 g/mol. The van der Waals surface area contributed by atoms with Crippen molar-refractivity contribution in [3.05, 3.63) is 57.6 Å². The lowest BCUT2D eigenvalue weighted by molar-refractivity contribution is -0.698. The SMILES string of the molecule is CC1CC(C)(C)Nc2c1cc1c(c2S(=O)(=O)O)Oc2c(S(=O)(=O)O)c3c(cc2=C1c1[nH]cc[n+]1CCCCCC(=O)O)C(C)CC(C)(C)N=3. The Hall–Kier alpha value is -3.79. The van der Waals surface area contributed by atoms with E-state index in [0.717, 1.165) is 0 Å². The van der Waals surface area contributed by atoms with E-state index < -0.39 is 47.1 Å². The molecule has 0 amide bonds. The highest BCUT2D eigenvalue weighted by molar-refractivity contribution is 7.86. The monoisotopic (exact) mass is 715 g/mol. The van der Waals surface area contributed by atoms with Crippen LogP contribution in [0.4, 0.5) is 5.69 Å². The molecule has 0 bridgehead atoms. The number of H-pyrrole nitrogens is 1. The van der Waals surface area contributed by atoms with Gasteiger partial charge in [-0.3, -0.25) is 18.9 Å². The van der Waals surface area contributed by atoms with Gasteiger partial charge in [-0.25, -0.2) is 9.55 Å². The number of fused-ring (bicyclic) bond motifs is 4. The molecule has 49 heavy (non-hydrogen) atoms. The number of aryl methyl sites for hydroxylation is 1. The molecule has 0 saturated heterocycles. The maximum Gasteiger partial charge on any atom is 0.303 e. The van der Waals surface area contributed by atoms with Gasteiger partial charge in [0.15, 0.2) is 21.3 Å². The molecule has 5 N–H and O–H groups in total. The fraction of sp³-hybridized carbons (Fsp3) is 0.500. The van der Waals surface area contributed by atoms with E-state index in [9.17, 15) is 30.7 Å². The van der Waals surface area contributed by atoms with Crippen molar-refractivity contribution in [2.24, 2.45) is 4.99 Å². The zero-order chi connectivity index (χ0) is 35.8. The first kappa shape index (κ1) is 35.1. The largest absolute Gasteiger partial charge is 0.481 e. The van der Waals surface area contributed by atoms with Gasteiger partial charge in [0, 0.05) is 22.7 Å². The minimum Gasteiger partial charge on any atom is -0.481 e. The van der Waals surface area contributed by atoms with Gasteiger partial charge in [0.2, 0.25) is 0 Å². The molecular formula is C34H43N4O9S2+. The summed E-state index contributed by atoms with van der Waals surface area (Å²) in [4.78, 5) is 17.9. The van der Waals surface area contributed by atoms with Gasteiger partial charge in [0.25, 0.3) is 26.1 Å². The van der Waals surface area contributed by atoms with Crippen molar-refractivity contribution in [1.82, 2.24) is 4.98 Å². The minimum absolute atomic E-state index is 0.0461. The second kappa shape index (κ2) is 11.9. The molecule has 2 aromatic carbocycles. The number of carbonyl (C=O) groups is 1. The number of hydrogen-bond donors (Lipinski definition) is 5. The lowest BCUT2D eigenvalue weighted by atomic mass is 9.80. The smallest absolute Gasteiger partial charge is 0.303 e. The molecule has 0 fully saturated rings. The second-order valence-electron chi connectivity index (χ2n) is 14.8. The zero-order valence-electron chi connectivity index (χ0n) is 28.4. The maximum atomic E-state index is 13.3. The Labute approximate surface area is 285 Å². The minimum atomic E-state index is -5.01. The number of nitrogens with one attached hydrogen (secondary N) is 2. The molecule has 0 radical (unpaired) electrons. The first-order valence-corrected chi connectivity index (χ1v) is 19.3. The van der Waals surface area contributed by atoms with Crippen LogP contribution >= 0.6 is 0 Å². The summed E-state index contributed by atoms with van der Waals surface area (Å²) in [5.74, 6) is -1.24. The predicted molar refractivity (Wildman–Crippen MR) is 180 cm³/mol. The van der Waals surface area contributed by atoms with Gasteiger partial charge in [-0.15, -0.1) is 0 Å². The number of nitrogens with zero attached hydrogens (tertiary/aromatic N) is 2. The van der Waals surface area contributed by atoms with E-state index >= 15 is 0 Å². The van der Waals surface area contributed by atoms with Crippen LogP contribution in [0.15, 0.2) is 39.3 Å². The van der Waals surface area contributed by atoms with Crippen LogP contribution in [-0.4, -0.2) is 53.1 Å². The molecule has 0 spiro atoms. The summed E-state index contributed by atoms with van der Waals surface area (Å²) in [5, 5.41) is 12.7. The highest BCUT2D eigenvalue weighted by Crippen LogP contribution is 2.51. The van der Waals surface area contributed by atoms with Crippen molar-refractivity contribution >= 4 is 37.5 Å². The summed E-state index contributed by atoms with van der Waals surface area (Å²) in [6.45, 7) is 12.0. The number of hydrogen-bond acceptors (Lipinski definition) is 8. The third-order valence-corrected chi connectivity index (χ3v) is 11.4. The Morgan fingerprint density at radius 2 is 1.63 bits per heavy atom. The fourth-order valence-corrected chi connectivity index (χ4v) is 9.46. The number of imidazole rings is 1. The molecule has 264 valence electrons. The van der Waals surface area contributed by atoms with Gasteiger partial charge in [-0.05, 0) is 94.9 Å². The lowest BCUT2D eigenvalue weighted by Gasteiger charge is -2.39. The average molecular weight is 716 g/mol. The number of benzene rings is 2. The fourth-order valence-electron chi connectivity index (χ4n) is 7.85. The van der Waals surface area contributed by atoms with Gasteiger partial charge >= 0.3 is 5.97 Å². The highest BCUT2D eigenvalue weighted by Gasteiger charge is 2.42. The van der Waals surface area contributed by atoms with Gasteiger partial charge in [0.1, 0.15) is 12.4 Å². The number of aromatic nitrogens is 2. The quantitative estimate of drug-likeness (QED) is 0.0941. The Kier molecular flexibility index (Phi) is 8.53. The summed E-state index contributed by atoms with van der Waals surface area (Å²) in [6.07, 6.45) is 6.59. The molecule has 0 saturated carbocycles. The van der Waals surface area contributed by atoms with Gasteiger partial charge in [-0.1, -0.05) is 13.8 Å². The topological polar surface area (TPSA) is 199 Å². The molecule has 6 rings (SSSR count). The van der Waals surface area contributed by atoms with Gasteiger partial charge in [0.05, 0.1) is 28.7 Å². The van der Waals surface area contributed by atoms with Crippen LogP contribution in [0.3, 0.4) is 0 Å². The van der Waals surface area contributed by atoms with E-state index in [2.05, 4.69) is 10.3 Å². The van der Waals surface area contributed by atoms with Crippen LogP contribution in [0.5, 0.6) is 11.5 Å². The first-order valence-electron chi connectivity index (χ1n) is 16.4. The number of aliphatic carboxylic acids is 1. The van der Waals surface area contributed by atoms with Gasteiger partial charge < -0.3 is 15.2 Å². The van der Waals surface area contributed by atoms with Crippen molar-refractivity contribution in [2.45, 2.75) is 119 Å².